The van der Waals surface area contributed by atoms with Gasteiger partial charge in [-0.3, -0.25) is 4.79 Å². The lowest BCUT2D eigenvalue weighted by atomic mass is 10.3. The van der Waals surface area contributed by atoms with E-state index >= 15 is 0 Å². The van der Waals surface area contributed by atoms with Gasteiger partial charge in [-0.05, 0) is 30.7 Å². The molecular weight excluding hydrogens is 523 g/mol. The number of nitrogens with one attached hydrogen (secondary N) is 1. The van der Waals surface area contributed by atoms with E-state index in [1.54, 1.807) is 24.1 Å². The molecule has 1 aromatic carbocycles. The Labute approximate surface area is 192 Å². The number of nitrogens with zero attached hydrogens (tertiary/aromatic N) is 2. The summed E-state index contributed by atoms with van der Waals surface area (Å²) in [6.07, 6.45) is -4.55. The molecule has 9 nitrogen and oxygen atoms in total. The van der Waals surface area contributed by atoms with E-state index in [1.807, 2.05) is 0 Å². The van der Waals surface area contributed by atoms with Crippen LogP contribution in [0.1, 0.15) is 6.42 Å². The average molecular weight is 548 g/mol. The molecule has 2 rings (SSSR count). The number of carboxylic acid groups (broad SMARTS) is 1. The van der Waals surface area contributed by atoms with Gasteiger partial charge >= 0.3 is 12.1 Å². The van der Waals surface area contributed by atoms with Crippen LogP contribution in [0.25, 0.3) is 0 Å². The fourth-order valence-corrected chi connectivity index (χ4v) is 4.28. The number of hydrogen-bond donors (Lipinski definition) is 2. The molecule has 0 atom stereocenters. The summed E-state index contributed by atoms with van der Waals surface area (Å²) >= 11 is 3.30. The number of sulfonamides is 1. The molecule has 32 heavy (non-hydrogen) atoms. The molecule has 1 fully saturated rings. The molecule has 0 radical (unpaired) electrons. The topological polar surface area (TPSA) is 116 Å². The molecule has 1 saturated heterocycles. The molecule has 0 aliphatic carbocycles. The Hall–Kier alpha value is -1.74. The molecule has 0 aromatic heterocycles. The van der Waals surface area contributed by atoms with Gasteiger partial charge in [-0.2, -0.15) is 17.5 Å². The third-order valence-corrected chi connectivity index (χ3v) is 6.62. The lowest BCUT2D eigenvalue weighted by Gasteiger charge is -2.30. The molecule has 1 heterocycles. The molecule has 1 aromatic rings. The van der Waals surface area contributed by atoms with Gasteiger partial charge in [0.25, 0.3) is 0 Å². The first-order valence-electron chi connectivity index (χ1n) is 9.43. The van der Waals surface area contributed by atoms with Crippen LogP contribution in [0.3, 0.4) is 0 Å². The molecule has 2 N–H and O–H groups in total. The highest BCUT2D eigenvalue weighted by Crippen LogP contribution is 2.19. The second-order valence-corrected chi connectivity index (χ2v) is 9.43. The second kappa shape index (κ2) is 13.1. The van der Waals surface area contributed by atoms with Crippen LogP contribution in [-0.2, 0) is 24.3 Å². The van der Waals surface area contributed by atoms with E-state index < -0.39 is 22.2 Å². The molecule has 0 spiro atoms. The molecule has 14 heteroatoms. The minimum atomic E-state index is -5.08. The zero-order valence-electron chi connectivity index (χ0n) is 17.3. The van der Waals surface area contributed by atoms with Crippen LogP contribution in [0.15, 0.2) is 33.6 Å². The largest absolute Gasteiger partial charge is 0.490 e. The van der Waals surface area contributed by atoms with Crippen LogP contribution in [-0.4, -0.2) is 93.8 Å². The van der Waals surface area contributed by atoms with Crippen molar-refractivity contribution in [1.29, 1.82) is 0 Å². The Kier molecular flexibility index (Phi) is 11.6. The second-order valence-electron chi connectivity index (χ2n) is 6.57. The van der Waals surface area contributed by atoms with Crippen molar-refractivity contribution in [3.8, 4) is 0 Å². The minimum Gasteiger partial charge on any atom is -0.475 e. The normalized spacial score (nSPS) is 14.6. The molecule has 0 bridgehead atoms. The number of ether oxygens (including phenoxy) is 1. The number of carboxylic acids is 1. The summed E-state index contributed by atoms with van der Waals surface area (Å²) in [6.45, 7) is 3.19. The third-order valence-electron chi connectivity index (χ3n) is 4.23. The quantitative estimate of drug-likeness (QED) is 0.474. The minimum absolute atomic E-state index is 0.151. The van der Waals surface area contributed by atoms with Gasteiger partial charge in [0, 0.05) is 50.9 Å². The standard InChI is InChI=1S/C16H24BrN3O4S.C2HF3O2/c1-24-12-2-9-20(13-16(21)19-10-7-18-8-11-19)25(22,23)15-5-3-14(17)4-6-15;3-2(4,5)1(6)7/h3-6,18H,2,7-13H2,1H3;(H,6,7). The van der Waals surface area contributed by atoms with E-state index in [-0.39, 0.29) is 23.9 Å². The number of benzene rings is 1. The molecule has 182 valence electrons. The van der Waals surface area contributed by atoms with Crippen molar-refractivity contribution in [3.05, 3.63) is 28.7 Å². The highest BCUT2D eigenvalue weighted by molar-refractivity contribution is 9.10. The maximum absolute atomic E-state index is 12.9. The lowest BCUT2D eigenvalue weighted by molar-refractivity contribution is -0.192. The number of piperazine rings is 1. The van der Waals surface area contributed by atoms with E-state index in [4.69, 9.17) is 14.6 Å². The van der Waals surface area contributed by atoms with E-state index in [2.05, 4.69) is 21.2 Å². The van der Waals surface area contributed by atoms with Crippen molar-refractivity contribution in [2.24, 2.45) is 0 Å². The summed E-state index contributed by atoms with van der Waals surface area (Å²) in [5.74, 6) is -2.92. The monoisotopic (exact) mass is 547 g/mol. The fraction of sp³-hybridized carbons (Fsp3) is 0.556. The Bertz CT molecular complexity index is 847. The van der Waals surface area contributed by atoms with Crippen molar-refractivity contribution in [1.82, 2.24) is 14.5 Å². The van der Waals surface area contributed by atoms with Crippen LogP contribution in [0, 0.1) is 0 Å². The number of carbonyl (C=O) groups excluding carboxylic acids is 1. The first kappa shape index (κ1) is 28.3. The molecule has 0 saturated carbocycles. The van der Waals surface area contributed by atoms with Gasteiger partial charge in [0.15, 0.2) is 0 Å². The molecular formula is C18H25BrF3N3O6S. The first-order chi connectivity index (χ1) is 14.9. The van der Waals surface area contributed by atoms with Crippen LogP contribution in [0.5, 0.6) is 0 Å². The predicted molar refractivity (Wildman–Crippen MR) is 113 cm³/mol. The molecule has 1 amide bonds. The smallest absolute Gasteiger partial charge is 0.475 e. The summed E-state index contributed by atoms with van der Waals surface area (Å²) in [5.41, 5.74) is 0. The zero-order chi connectivity index (χ0) is 24.4. The Balaban J connectivity index is 0.000000633. The van der Waals surface area contributed by atoms with Gasteiger partial charge in [-0.25, -0.2) is 13.2 Å². The van der Waals surface area contributed by atoms with Crippen molar-refractivity contribution in [3.63, 3.8) is 0 Å². The van der Waals surface area contributed by atoms with Gasteiger partial charge in [-0.15, -0.1) is 0 Å². The van der Waals surface area contributed by atoms with Crippen molar-refractivity contribution in [2.45, 2.75) is 17.5 Å². The predicted octanol–water partition coefficient (Wildman–Crippen LogP) is 1.54. The van der Waals surface area contributed by atoms with Crippen molar-refractivity contribution >= 4 is 37.8 Å². The van der Waals surface area contributed by atoms with Crippen LogP contribution < -0.4 is 5.32 Å². The maximum atomic E-state index is 12.9. The Morgan fingerprint density at radius 3 is 2.22 bits per heavy atom. The number of carbonyl (C=O) groups is 2. The van der Waals surface area contributed by atoms with Gasteiger partial charge in [0.05, 0.1) is 11.4 Å². The van der Waals surface area contributed by atoms with Crippen molar-refractivity contribution < 1.29 is 41.0 Å². The van der Waals surface area contributed by atoms with Gasteiger partial charge in [0.1, 0.15) is 0 Å². The summed E-state index contributed by atoms with van der Waals surface area (Å²) in [4.78, 5) is 23.3. The SMILES string of the molecule is COCCCN(CC(=O)N1CCNCC1)S(=O)(=O)c1ccc(Br)cc1.O=C(O)C(F)(F)F. The number of hydrogen-bond acceptors (Lipinski definition) is 6. The van der Waals surface area contributed by atoms with Crippen LogP contribution in [0.2, 0.25) is 0 Å². The summed E-state index contributed by atoms with van der Waals surface area (Å²) in [5, 5.41) is 10.3. The van der Waals surface area contributed by atoms with Crippen LogP contribution >= 0.6 is 15.9 Å². The number of rotatable bonds is 8. The van der Waals surface area contributed by atoms with E-state index in [1.165, 1.54) is 16.4 Å². The number of alkyl halides is 3. The lowest BCUT2D eigenvalue weighted by Crippen LogP contribution is -2.50. The fourth-order valence-electron chi connectivity index (χ4n) is 2.59. The summed E-state index contributed by atoms with van der Waals surface area (Å²) in [7, 11) is -2.17. The number of aliphatic carboxylic acids is 1. The van der Waals surface area contributed by atoms with Crippen molar-refractivity contribution in [2.75, 3.05) is 53.0 Å². The molecule has 0 unspecified atom stereocenters. The number of methoxy groups -OCH3 is 1. The highest BCUT2D eigenvalue weighted by Gasteiger charge is 2.38. The maximum Gasteiger partial charge on any atom is 0.490 e. The summed E-state index contributed by atoms with van der Waals surface area (Å²) in [6, 6.07) is 6.44. The van der Waals surface area contributed by atoms with E-state index in [0.717, 1.165) is 17.6 Å². The first-order valence-corrected chi connectivity index (χ1v) is 11.7. The van der Waals surface area contributed by atoms with E-state index in [0.29, 0.717) is 26.1 Å². The highest BCUT2D eigenvalue weighted by atomic mass is 79.9. The van der Waals surface area contributed by atoms with Gasteiger partial charge in [-0.1, -0.05) is 15.9 Å². The Morgan fingerprint density at radius 1 is 1.22 bits per heavy atom. The van der Waals surface area contributed by atoms with Gasteiger partial charge < -0.3 is 20.1 Å². The molecule has 1 aliphatic heterocycles. The number of amides is 1. The zero-order valence-corrected chi connectivity index (χ0v) is 19.7. The third kappa shape index (κ3) is 9.40. The Morgan fingerprint density at radius 2 is 1.75 bits per heavy atom. The van der Waals surface area contributed by atoms with E-state index in [9.17, 15) is 26.4 Å². The summed E-state index contributed by atoms with van der Waals surface area (Å²) < 4.78 is 64.7. The average Bonchev–Trinajstić information content (AvgIpc) is 2.73. The van der Waals surface area contributed by atoms with Gasteiger partial charge in [0.2, 0.25) is 15.9 Å². The number of halogens is 4. The van der Waals surface area contributed by atoms with Crippen LogP contribution in [0.4, 0.5) is 13.2 Å². The molecule has 1 aliphatic rings.